The van der Waals surface area contributed by atoms with Crippen LogP contribution in [-0.4, -0.2) is 31.7 Å². The smallest absolute Gasteiger partial charge is 0.214 e. The quantitative estimate of drug-likeness (QED) is 0.526. The minimum atomic E-state index is 0.0838. The topological polar surface area (TPSA) is 60.7 Å². The lowest BCUT2D eigenvalue weighted by molar-refractivity contribution is 0.102. The van der Waals surface area contributed by atoms with Gasteiger partial charge in [-0.25, -0.2) is 0 Å². The van der Waals surface area contributed by atoms with Crippen molar-refractivity contribution in [3.8, 4) is 5.69 Å². The van der Waals surface area contributed by atoms with Crippen molar-refractivity contribution < 1.29 is 4.79 Å². The first-order valence-corrected chi connectivity index (χ1v) is 8.62. The van der Waals surface area contributed by atoms with Crippen LogP contribution in [0.5, 0.6) is 0 Å². The summed E-state index contributed by atoms with van der Waals surface area (Å²) >= 11 is 1.35. The summed E-state index contributed by atoms with van der Waals surface area (Å²) in [5.41, 5.74) is 4.83. The van der Waals surface area contributed by atoms with E-state index >= 15 is 0 Å². The molecule has 0 atom stereocenters. The van der Waals surface area contributed by atoms with Crippen LogP contribution < -0.4 is 0 Å². The Bertz CT molecular complexity index is 888. The summed E-state index contributed by atoms with van der Waals surface area (Å²) < 4.78 is 1.68. The van der Waals surface area contributed by atoms with Crippen LogP contribution >= 0.6 is 11.8 Å². The number of thioether (sulfide) groups is 1. The van der Waals surface area contributed by atoms with Crippen LogP contribution in [0.2, 0.25) is 0 Å². The first-order chi connectivity index (χ1) is 11.6. The van der Waals surface area contributed by atoms with Gasteiger partial charge in [0.15, 0.2) is 5.78 Å². The Morgan fingerprint density at radius 1 is 1.08 bits per heavy atom. The van der Waals surface area contributed by atoms with E-state index in [2.05, 4.69) is 15.5 Å². The van der Waals surface area contributed by atoms with E-state index in [0.717, 1.165) is 27.9 Å². The van der Waals surface area contributed by atoms with Crippen LogP contribution in [0.15, 0.2) is 47.6 Å². The molecule has 0 aliphatic rings. The Hall–Kier alpha value is -2.47. The number of ketones is 1. The lowest BCUT2D eigenvalue weighted by Gasteiger charge is -2.08. The molecule has 0 fully saturated rings. The van der Waals surface area contributed by atoms with Crippen LogP contribution in [0.1, 0.15) is 27.0 Å². The molecule has 0 aliphatic heterocycles. The molecule has 0 amide bonds. The molecule has 6 heteroatoms. The van der Waals surface area contributed by atoms with Crippen LogP contribution in [0.25, 0.3) is 5.69 Å². The van der Waals surface area contributed by atoms with Gasteiger partial charge in [0.2, 0.25) is 5.16 Å². The van der Waals surface area contributed by atoms with Gasteiger partial charge in [0.05, 0.1) is 11.4 Å². The minimum Gasteiger partial charge on any atom is -0.293 e. The third kappa shape index (κ3) is 3.38. The second-order valence-corrected chi connectivity index (χ2v) is 6.63. The number of aryl methyl sites for hydroxylation is 3. The molecule has 0 spiro atoms. The van der Waals surface area contributed by atoms with E-state index in [1.165, 1.54) is 11.8 Å². The fraction of sp³-hybridized carbons (Fsp3) is 0.222. The fourth-order valence-electron chi connectivity index (χ4n) is 2.47. The monoisotopic (exact) mass is 338 g/mol. The number of Topliss-reactive ketones (excluding diaryl/α,β-unsaturated/α-hetero) is 1. The van der Waals surface area contributed by atoms with E-state index < -0.39 is 0 Å². The van der Waals surface area contributed by atoms with E-state index in [-0.39, 0.29) is 5.78 Å². The molecule has 122 valence electrons. The third-order valence-electron chi connectivity index (χ3n) is 3.81. The normalized spacial score (nSPS) is 10.8. The third-order valence-corrected chi connectivity index (χ3v) is 4.73. The Balaban J connectivity index is 1.79. The van der Waals surface area contributed by atoms with Gasteiger partial charge in [-0.15, -0.1) is 5.10 Å². The molecule has 0 saturated carbocycles. The van der Waals surface area contributed by atoms with Crippen LogP contribution in [0, 0.1) is 20.8 Å². The highest BCUT2D eigenvalue weighted by Crippen LogP contribution is 2.22. The van der Waals surface area contributed by atoms with Gasteiger partial charge in [0, 0.05) is 5.56 Å². The van der Waals surface area contributed by atoms with Crippen molar-refractivity contribution in [2.75, 3.05) is 5.75 Å². The summed E-state index contributed by atoms with van der Waals surface area (Å²) in [7, 11) is 0. The molecule has 0 radical (unpaired) electrons. The molecule has 0 aliphatic carbocycles. The van der Waals surface area contributed by atoms with Gasteiger partial charge >= 0.3 is 0 Å². The predicted molar refractivity (Wildman–Crippen MR) is 94.9 cm³/mol. The molecular weight excluding hydrogens is 320 g/mol. The van der Waals surface area contributed by atoms with E-state index in [1.807, 2.05) is 63.2 Å². The summed E-state index contributed by atoms with van der Waals surface area (Å²) in [5, 5.41) is 12.5. The fourth-order valence-corrected chi connectivity index (χ4v) is 3.23. The number of aromatic nitrogens is 4. The maximum absolute atomic E-state index is 12.5. The Morgan fingerprint density at radius 3 is 2.67 bits per heavy atom. The number of rotatable bonds is 5. The summed E-state index contributed by atoms with van der Waals surface area (Å²) in [5.74, 6) is 0.386. The second-order valence-electron chi connectivity index (χ2n) is 5.69. The van der Waals surface area contributed by atoms with E-state index in [4.69, 9.17) is 0 Å². The number of tetrazole rings is 1. The highest BCUT2D eigenvalue weighted by atomic mass is 32.2. The lowest BCUT2D eigenvalue weighted by Crippen LogP contribution is -2.07. The summed E-state index contributed by atoms with van der Waals surface area (Å²) in [4.78, 5) is 12.5. The maximum Gasteiger partial charge on any atom is 0.214 e. The molecule has 1 aromatic heterocycles. The number of hydrogen-bond donors (Lipinski definition) is 0. The largest absolute Gasteiger partial charge is 0.293 e. The molecule has 3 rings (SSSR count). The highest BCUT2D eigenvalue weighted by Gasteiger charge is 2.15. The van der Waals surface area contributed by atoms with Crippen molar-refractivity contribution in [2.24, 2.45) is 0 Å². The van der Waals surface area contributed by atoms with Crippen molar-refractivity contribution >= 4 is 17.5 Å². The van der Waals surface area contributed by atoms with Gasteiger partial charge in [-0.1, -0.05) is 47.7 Å². The molecular formula is C18H18N4OS. The number of hydrogen-bond acceptors (Lipinski definition) is 5. The summed E-state index contributed by atoms with van der Waals surface area (Å²) in [6, 6.07) is 13.8. The molecule has 3 aromatic rings. The average Bonchev–Trinajstić information content (AvgIpc) is 3.03. The lowest BCUT2D eigenvalue weighted by atomic mass is 10.0. The minimum absolute atomic E-state index is 0.0838. The van der Waals surface area contributed by atoms with E-state index in [0.29, 0.717) is 10.9 Å². The zero-order valence-corrected chi connectivity index (χ0v) is 14.7. The first-order valence-electron chi connectivity index (χ1n) is 7.64. The molecule has 0 unspecified atom stereocenters. The number of para-hydroxylation sites is 1. The standard InChI is InChI=1S/C18H18N4OS/c1-12-8-9-13(2)15(10-12)17(23)11-24-18-19-20-21-22(18)16-7-5-4-6-14(16)3/h4-10H,11H2,1-3H3. The molecule has 0 N–H and O–H groups in total. The van der Waals surface area contributed by atoms with Crippen molar-refractivity contribution in [1.29, 1.82) is 0 Å². The van der Waals surface area contributed by atoms with Gasteiger partial charge in [-0.2, -0.15) is 4.68 Å². The predicted octanol–water partition coefficient (Wildman–Crippen LogP) is 3.56. The van der Waals surface area contributed by atoms with Gasteiger partial charge in [-0.05, 0) is 54.5 Å². The zero-order chi connectivity index (χ0) is 17.1. The molecule has 1 heterocycles. The number of nitrogens with zero attached hydrogens (tertiary/aromatic N) is 4. The molecule has 0 bridgehead atoms. The van der Waals surface area contributed by atoms with Crippen molar-refractivity contribution in [3.63, 3.8) is 0 Å². The van der Waals surface area contributed by atoms with E-state index in [1.54, 1.807) is 4.68 Å². The van der Waals surface area contributed by atoms with Crippen molar-refractivity contribution in [1.82, 2.24) is 20.2 Å². The van der Waals surface area contributed by atoms with Gasteiger partial charge in [0.1, 0.15) is 0 Å². The Kier molecular flexibility index (Phi) is 4.76. The number of benzene rings is 2. The van der Waals surface area contributed by atoms with Crippen molar-refractivity contribution in [3.05, 3.63) is 64.7 Å². The maximum atomic E-state index is 12.5. The van der Waals surface area contributed by atoms with Gasteiger partial charge < -0.3 is 0 Å². The Labute approximate surface area is 145 Å². The second kappa shape index (κ2) is 6.97. The molecule has 0 saturated heterocycles. The van der Waals surface area contributed by atoms with E-state index in [9.17, 15) is 4.79 Å². The van der Waals surface area contributed by atoms with Gasteiger partial charge in [0.25, 0.3) is 0 Å². The van der Waals surface area contributed by atoms with Gasteiger partial charge in [-0.3, -0.25) is 4.79 Å². The molecule has 2 aromatic carbocycles. The highest BCUT2D eigenvalue weighted by molar-refractivity contribution is 7.99. The molecule has 24 heavy (non-hydrogen) atoms. The summed E-state index contributed by atoms with van der Waals surface area (Å²) in [6.45, 7) is 5.95. The SMILES string of the molecule is Cc1ccc(C)c(C(=O)CSc2nnnn2-c2ccccc2C)c1. The first kappa shape index (κ1) is 16.4. The van der Waals surface area contributed by atoms with Crippen LogP contribution in [0.3, 0.4) is 0 Å². The van der Waals surface area contributed by atoms with Crippen molar-refractivity contribution in [2.45, 2.75) is 25.9 Å². The molecule has 5 nitrogen and oxygen atoms in total. The average molecular weight is 338 g/mol. The summed E-state index contributed by atoms with van der Waals surface area (Å²) in [6.07, 6.45) is 0. The zero-order valence-electron chi connectivity index (χ0n) is 13.9. The Morgan fingerprint density at radius 2 is 1.88 bits per heavy atom. The number of carbonyl (C=O) groups is 1. The van der Waals surface area contributed by atoms with Crippen LogP contribution in [-0.2, 0) is 0 Å². The number of carbonyl (C=O) groups excluding carboxylic acids is 1. The van der Waals surface area contributed by atoms with Crippen LogP contribution in [0.4, 0.5) is 0 Å².